The van der Waals surface area contributed by atoms with Crippen LogP contribution < -0.4 is 0 Å². The highest BCUT2D eigenvalue weighted by Gasteiger charge is 2.47. The molecule has 0 spiro atoms. The van der Waals surface area contributed by atoms with Gasteiger partial charge in [-0.15, -0.1) is 0 Å². The van der Waals surface area contributed by atoms with E-state index in [9.17, 15) is 14.7 Å². The van der Waals surface area contributed by atoms with Crippen LogP contribution in [0.3, 0.4) is 0 Å². The Balaban J connectivity index is 1.79. The molecule has 2 fully saturated rings. The maximum Gasteiger partial charge on any atom is 0.313 e. The number of esters is 1. The quantitative estimate of drug-likeness (QED) is 0.685. The van der Waals surface area contributed by atoms with Crippen molar-refractivity contribution >= 4 is 11.8 Å². The second-order valence-electron chi connectivity index (χ2n) is 6.58. The first-order valence-electron chi connectivity index (χ1n) is 8.09. The van der Waals surface area contributed by atoms with Gasteiger partial charge in [0.05, 0.1) is 0 Å². The Morgan fingerprint density at radius 3 is 2.68 bits per heavy atom. The Labute approximate surface area is 130 Å². The van der Waals surface area contributed by atoms with Gasteiger partial charge in [-0.3, -0.25) is 9.59 Å². The second-order valence-corrected chi connectivity index (χ2v) is 6.58. The van der Waals surface area contributed by atoms with Gasteiger partial charge in [-0.1, -0.05) is 25.0 Å². The number of benzene rings is 1. The zero-order valence-corrected chi connectivity index (χ0v) is 12.7. The summed E-state index contributed by atoms with van der Waals surface area (Å²) in [5.41, 5.74) is 0.375. The molecule has 0 radical (unpaired) electrons. The van der Waals surface area contributed by atoms with Crippen LogP contribution in [0, 0.1) is 5.92 Å². The van der Waals surface area contributed by atoms with Crippen molar-refractivity contribution in [1.29, 1.82) is 0 Å². The number of hydrogen-bond acceptors (Lipinski definition) is 4. The number of carbonyl (C=O) groups is 2. The molecule has 1 N–H and O–H groups in total. The fraction of sp³-hybridized carbons (Fsp3) is 0.556. The summed E-state index contributed by atoms with van der Waals surface area (Å²) in [6, 6.07) is 7.13. The topological polar surface area (TPSA) is 63.6 Å². The van der Waals surface area contributed by atoms with Gasteiger partial charge in [0, 0.05) is 6.42 Å². The molecule has 1 heterocycles. The van der Waals surface area contributed by atoms with Crippen molar-refractivity contribution < 1.29 is 19.4 Å². The van der Waals surface area contributed by atoms with Crippen LogP contribution in [-0.2, 0) is 20.7 Å². The third kappa shape index (κ3) is 3.16. The fourth-order valence-corrected chi connectivity index (χ4v) is 3.95. The van der Waals surface area contributed by atoms with E-state index < -0.39 is 5.60 Å². The largest absolute Gasteiger partial charge is 0.508 e. The van der Waals surface area contributed by atoms with E-state index >= 15 is 0 Å². The second kappa shape index (κ2) is 6.11. The Morgan fingerprint density at radius 1 is 1.23 bits per heavy atom. The predicted octanol–water partition coefficient (Wildman–Crippen LogP) is 3.16. The average Bonchev–Trinajstić information content (AvgIpc) is 2.99. The van der Waals surface area contributed by atoms with Crippen LogP contribution in [0.25, 0.3) is 0 Å². The van der Waals surface area contributed by atoms with Crippen LogP contribution in [0.1, 0.15) is 50.5 Å². The number of hydrogen-bond donors (Lipinski definition) is 1. The van der Waals surface area contributed by atoms with Gasteiger partial charge in [0.1, 0.15) is 23.6 Å². The number of ketones is 1. The highest BCUT2D eigenvalue weighted by atomic mass is 16.6. The Kier molecular flexibility index (Phi) is 4.19. The molecule has 0 amide bonds. The highest BCUT2D eigenvalue weighted by Crippen LogP contribution is 2.43. The molecule has 1 saturated carbocycles. The number of carbonyl (C=O) groups excluding carboxylic acids is 2. The number of aryl methyl sites for hydroxylation is 1. The summed E-state index contributed by atoms with van der Waals surface area (Å²) in [5.74, 6) is 0.153. The van der Waals surface area contributed by atoms with Gasteiger partial charge in [-0.05, 0) is 49.3 Å². The number of Topliss-reactive ketones (excluding diaryl/α,β-unsaturated/α-hetero) is 1. The molecule has 118 valence electrons. The Morgan fingerprint density at radius 2 is 2.00 bits per heavy atom. The minimum Gasteiger partial charge on any atom is -0.508 e. The Bertz CT molecular complexity index is 556. The van der Waals surface area contributed by atoms with Gasteiger partial charge >= 0.3 is 5.97 Å². The first kappa shape index (κ1) is 15.1. The molecule has 22 heavy (non-hydrogen) atoms. The molecule has 1 aliphatic carbocycles. The molecule has 0 aromatic heterocycles. The van der Waals surface area contributed by atoms with Crippen LogP contribution in [0.2, 0.25) is 0 Å². The lowest BCUT2D eigenvalue weighted by molar-refractivity contribution is -0.178. The van der Waals surface area contributed by atoms with E-state index in [1.807, 2.05) is 12.1 Å². The zero-order chi connectivity index (χ0) is 15.6. The first-order chi connectivity index (χ1) is 10.6. The minimum absolute atomic E-state index is 0.000871. The highest BCUT2D eigenvalue weighted by molar-refractivity contribution is 5.98. The molecular formula is C18H22O4. The van der Waals surface area contributed by atoms with Crippen molar-refractivity contribution in [2.45, 2.75) is 57.0 Å². The van der Waals surface area contributed by atoms with Gasteiger partial charge < -0.3 is 9.84 Å². The van der Waals surface area contributed by atoms with Crippen LogP contribution in [0.5, 0.6) is 5.75 Å². The van der Waals surface area contributed by atoms with E-state index in [1.54, 1.807) is 12.1 Å². The molecule has 1 aliphatic heterocycles. The maximum atomic E-state index is 12.0. The average molecular weight is 302 g/mol. The van der Waals surface area contributed by atoms with E-state index in [4.69, 9.17) is 4.74 Å². The number of aromatic hydroxyl groups is 1. The molecular weight excluding hydrogens is 280 g/mol. The summed E-state index contributed by atoms with van der Waals surface area (Å²) in [7, 11) is 0. The molecule has 1 aromatic carbocycles. The summed E-state index contributed by atoms with van der Waals surface area (Å²) >= 11 is 0. The number of phenols is 1. The minimum atomic E-state index is -0.631. The molecule has 1 saturated heterocycles. The smallest absolute Gasteiger partial charge is 0.313 e. The molecule has 2 aliphatic rings. The van der Waals surface area contributed by atoms with E-state index in [2.05, 4.69) is 0 Å². The van der Waals surface area contributed by atoms with Gasteiger partial charge in [0.2, 0.25) is 0 Å². The first-order valence-corrected chi connectivity index (χ1v) is 8.09. The Hall–Kier alpha value is -1.84. The lowest BCUT2D eigenvalue weighted by Crippen LogP contribution is -2.48. The SMILES string of the molecule is O=C1CC(=O)O[C@@](CCc2cccc(O)c2)(C2CCCC2)C1. The van der Waals surface area contributed by atoms with Crippen LogP contribution in [0.15, 0.2) is 24.3 Å². The van der Waals surface area contributed by atoms with E-state index in [0.717, 1.165) is 31.2 Å². The molecule has 0 bridgehead atoms. The molecule has 1 aromatic rings. The van der Waals surface area contributed by atoms with Crippen molar-refractivity contribution in [2.75, 3.05) is 0 Å². The van der Waals surface area contributed by atoms with E-state index in [-0.39, 0.29) is 29.8 Å². The van der Waals surface area contributed by atoms with E-state index in [1.165, 1.54) is 0 Å². The predicted molar refractivity (Wildman–Crippen MR) is 81.4 cm³/mol. The summed E-state index contributed by atoms with van der Waals surface area (Å²) in [6.45, 7) is 0. The molecule has 4 nitrogen and oxygen atoms in total. The summed E-state index contributed by atoms with van der Waals surface area (Å²) in [6.07, 6.45) is 5.96. The summed E-state index contributed by atoms with van der Waals surface area (Å²) < 4.78 is 5.76. The van der Waals surface area contributed by atoms with Crippen molar-refractivity contribution in [2.24, 2.45) is 5.92 Å². The van der Waals surface area contributed by atoms with Gasteiger partial charge in [-0.25, -0.2) is 0 Å². The number of rotatable bonds is 4. The van der Waals surface area contributed by atoms with Gasteiger partial charge in [-0.2, -0.15) is 0 Å². The van der Waals surface area contributed by atoms with Gasteiger partial charge in [0.15, 0.2) is 0 Å². The lowest BCUT2D eigenvalue weighted by atomic mass is 9.76. The number of phenolic OH excluding ortho intramolecular Hbond substituents is 1. The number of ether oxygens (including phenoxy) is 1. The zero-order valence-electron chi connectivity index (χ0n) is 12.7. The van der Waals surface area contributed by atoms with Crippen LogP contribution >= 0.6 is 0 Å². The standard InChI is InChI=1S/C18H22O4/c19-15-7-3-4-13(10-15)8-9-18(14-5-1-2-6-14)12-16(20)11-17(21)22-18/h3-4,7,10,14,19H,1-2,5-6,8-9,11-12H2/t18-/m1/s1. The summed E-state index contributed by atoms with van der Waals surface area (Å²) in [5, 5.41) is 9.57. The van der Waals surface area contributed by atoms with Crippen molar-refractivity contribution in [3.05, 3.63) is 29.8 Å². The fourth-order valence-electron chi connectivity index (χ4n) is 3.95. The van der Waals surface area contributed by atoms with Crippen molar-refractivity contribution in [3.8, 4) is 5.75 Å². The number of cyclic esters (lactones) is 1. The molecule has 3 rings (SSSR count). The van der Waals surface area contributed by atoms with Crippen LogP contribution in [0.4, 0.5) is 0 Å². The monoisotopic (exact) mass is 302 g/mol. The normalized spacial score (nSPS) is 26.2. The lowest BCUT2D eigenvalue weighted by Gasteiger charge is -2.41. The maximum absolute atomic E-state index is 12.0. The molecule has 1 atom stereocenters. The third-order valence-corrected chi connectivity index (χ3v) is 5.00. The summed E-state index contributed by atoms with van der Waals surface area (Å²) in [4.78, 5) is 23.8. The van der Waals surface area contributed by atoms with Crippen molar-refractivity contribution in [3.63, 3.8) is 0 Å². The van der Waals surface area contributed by atoms with Crippen molar-refractivity contribution in [1.82, 2.24) is 0 Å². The molecule has 0 unspecified atom stereocenters. The third-order valence-electron chi connectivity index (χ3n) is 5.00. The van der Waals surface area contributed by atoms with Gasteiger partial charge in [0.25, 0.3) is 0 Å². The van der Waals surface area contributed by atoms with E-state index in [0.29, 0.717) is 19.3 Å². The molecule has 4 heteroatoms. The van der Waals surface area contributed by atoms with Crippen LogP contribution in [-0.4, -0.2) is 22.5 Å².